The Morgan fingerprint density at radius 2 is 1.38 bits per heavy atom. The summed E-state index contributed by atoms with van der Waals surface area (Å²) in [7, 11) is 1.62. The van der Waals surface area contributed by atoms with Gasteiger partial charge in [0.2, 0.25) is 0 Å². The highest BCUT2D eigenvalue weighted by Crippen LogP contribution is 2.26. The number of esters is 1. The molecule has 0 saturated heterocycles. The van der Waals surface area contributed by atoms with Crippen molar-refractivity contribution in [2.24, 2.45) is 0 Å². The van der Waals surface area contributed by atoms with Gasteiger partial charge in [-0.1, -0.05) is 72.8 Å². The molecule has 0 aliphatic rings. The van der Waals surface area contributed by atoms with Gasteiger partial charge >= 0.3 is 5.97 Å². The molecule has 5 heteroatoms. The van der Waals surface area contributed by atoms with E-state index in [2.05, 4.69) is 0 Å². The van der Waals surface area contributed by atoms with E-state index < -0.39 is 11.9 Å². The van der Waals surface area contributed by atoms with Crippen LogP contribution < -0.4 is 0 Å². The van der Waals surface area contributed by atoms with Gasteiger partial charge in [0.05, 0.1) is 0 Å². The summed E-state index contributed by atoms with van der Waals surface area (Å²) in [6, 6.07) is 24.6. The van der Waals surface area contributed by atoms with Crippen LogP contribution in [-0.2, 0) is 20.9 Å². The monoisotopic (exact) mass is 391 g/mol. The summed E-state index contributed by atoms with van der Waals surface area (Å²) in [6.45, 7) is -0.0514. The molecule has 3 rings (SSSR count). The van der Waals surface area contributed by atoms with Gasteiger partial charge in [-0.2, -0.15) is 0 Å². The van der Waals surface area contributed by atoms with Crippen LogP contribution in [0.4, 0.5) is 4.39 Å². The number of nitrogens with zero attached hydrogens (tertiary/aromatic N) is 1. The number of amides is 1. The minimum absolute atomic E-state index is 0.303. The quantitative estimate of drug-likeness (QED) is 0.568. The summed E-state index contributed by atoms with van der Waals surface area (Å²) in [5, 5.41) is 0. The Morgan fingerprint density at radius 3 is 1.90 bits per heavy atom. The maximum atomic E-state index is 13.0. The third-order valence-electron chi connectivity index (χ3n) is 4.60. The van der Waals surface area contributed by atoms with Crippen LogP contribution in [0, 0.1) is 5.82 Å². The van der Waals surface area contributed by atoms with Crippen LogP contribution >= 0.6 is 0 Å². The average Bonchev–Trinajstić information content (AvgIpc) is 2.75. The lowest BCUT2D eigenvalue weighted by molar-refractivity contribution is -0.152. The summed E-state index contributed by atoms with van der Waals surface area (Å²) in [4.78, 5) is 26.7. The lowest BCUT2D eigenvalue weighted by atomic mass is 9.91. The van der Waals surface area contributed by atoms with Crippen LogP contribution in [0.1, 0.15) is 22.6 Å². The van der Waals surface area contributed by atoms with Crippen molar-refractivity contribution in [2.75, 3.05) is 13.7 Å². The molecule has 0 aliphatic heterocycles. The zero-order valence-corrected chi connectivity index (χ0v) is 16.1. The fourth-order valence-electron chi connectivity index (χ4n) is 3.03. The predicted octanol–water partition coefficient (Wildman–Crippen LogP) is 4.16. The minimum atomic E-state index is -0.604. The third kappa shape index (κ3) is 5.51. The molecule has 29 heavy (non-hydrogen) atoms. The van der Waals surface area contributed by atoms with Gasteiger partial charge < -0.3 is 9.64 Å². The van der Waals surface area contributed by atoms with Crippen LogP contribution in [0.25, 0.3) is 0 Å². The van der Waals surface area contributed by atoms with Crippen molar-refractivity contribution in [3.8, 4) is 0 Å². The molecule has 3 aromatic carbocycles. The lowest BCUT2D eigenvalue weighted by Gasteiger charge is -2.20. The first-order valence-corrected chi connectivity index (χ1v) is 9.29. The number of benzene rings is 3. The largest absolute Gasteiger partial charge is 0.455 e. The first-order chi connectivity index (χ1) is 14.0. The number of rotatable bonds is 7. The number of ether oxygens (including phenoxy) is 1. The number of hydrogen-bond acceptors (Lipinski definition) is 3. The van der Waals surface area contributed by atoms with Gasteiger partial charge in [-0.3, -0.25) is 9.59 Å². The van der Waals surface area contributed by atoms with E-state index in [0.29, 0.717) is 6.54 Å². The number of likely N-dealkylation sites (N-methyl/N-ethyl adjacent to an activating group) is 1. The maximum Gasteiger partial charge on any atom is 0.318 e. The van der Waals surface area contributed by atoms with Crippen molar-refractivity contribution in [3.05, 3.63) is 107 Å². The first-order valence-electron chi connectivity index (χ1n) is 9.29. The molecular formula is C24H22FNO3. The Balaban J connectivity index is 1.65. The molecule has 0 aromatic heterocycles. The van der Waals surface area contributed by atoms with Gasteiger partial charge in [0, 0.05) is 13.6 Å². The fraction of sp³-hybridized carbons (Fsp3) is 0.167. The molecule has 0 N–H and O–H groups in total. The number of carbonyl (C=O) groups excluding carboxylic acids is 2. The van der Waals surface area contributed by atoms with Crippen LogP contribution in [0.2, 0.25) is 0 Å². The molecule has 0 unspecified atom stereocenters. The molecule has 0 heterocycles. The zero-order chi connectivity index (χ0) is 20.6. The van der Waals surface area contributed by atoms with E-state index in [1.54, 1.807) is 19.2 Å². The first kappa shape index (κ1) is 20.3. The van der Waals surface area contributed by atoms with Gasteiger partial charge in [0.25, 0.3) is 5.91 Å². The highest BCUT2D eigenvalue weighted by atomic mass is 19.1. The van der Waals surface area contributed by atoms with Crippen molar-refractivity contribution in [3.63, 3.8) is 0 Å². The molecule has 0 spiro atoms. The lowest BCUT2D eigenvalue weighted by Crippen LogP contribution is -2.31. The van der Waals surface area contributed by atoms with Crippen molar-refractivity contribution in [2.45, 2.75) is 12.5 Å². The second kappa shape index (κ2) is 9.64. The number of carbonyl (C=O) groups is 2. The third-order valence-corrected chi connectivity index (χ3v) is 4.60. The maximum absolute atomic E-state index is 13.0. The summed E-state index contributed by atoms with van der Waals surface area (Å²) in [5.41, 5.74) is 2.40. The summed E-state index contributed by atoms with van der Waals surface area (Å²) in [5.74, 6) is -1.74. The summed E-state index contributed by atoms with van der Waals surface area (Å²) in [6.07, 6.45) is 0. The van der Waals surface area contributed by atoms with Crippen molar-refractivity contribution in [1.82, 2.24) is 4.90 Å². The molecule has 4 nitrogen and oxygen atoms in total. The SMILES string of the molecule is CN(Cc1ccc(F)cc1)C(=O)COC(=O)C(c1ccccc1)c1ccccc1. The van der Waals surface area contributed by atoms with E-state index in [0.717, 1.165) is 16.7 Å². The van der Waals surface area contributed by atoms with Gasteiger partial charge in [0.15, 0.2) is 6.61 Å². The van der Waals surface area contributed by atoms with E-state index >= 15 is 0 Å². The smallest absolute Gasteiger partial charge is 0.318 e. The zero-order valence-electron chi connectivity index (χ0n) is 16.1. The summed E-state index contributed by atoms with van der Waals surface area (Å²) >= 11 is 0. The van der Waals surface area contributed by atoms with Crippen molar-refractivity contribution < 1.29 is 18.7 Å². The molecule has 0 saturated carbocycles. The molecule has 0 radical (unpaired) electrons. The van der Waals surface area contributed by atoms with Gasteiger partial charge in [-0.05, 0) is 28.8 Å². The van der Waals surface area contributed by atoms with Crippen molar-refractivity contribution in [1.29, 1.82) is 0 Å². The predicted molar refractivity (Wildman–Crippen MR) is 109 cm³/mol. The standard InChI is InChI=1S/C24H22FNO3/c1-26(16-18-12-14-21(25)15-13-18)22(27)17-29-24(28)23(19-8-4-2-5-9-19)20-10-6-3-7-11-20/h2-15,23H,16-17H2,1H3. The number of halogens is 1. The second-order valence-corrected chi connectivity index (χ2v) is 6.74. The Bertz CT molecular complexity index is 903. The Morgan fingerprint density at radius 1 is 0.862 bits per heavy atom. The molecule has 148 valence electrons. The van der Waals surface area contributed by atoms with Crippen LogP contribution in [0.5, 0.6) is 0 Å². The molecular weight excluding hydrogens is 369 g/mol. The Labute approximate surface area is 169 Å². The van der Waals surface area contributed by atoms with Gasteiger partial charge in [-0.25, -0.2) is 4.39 Å². The summed E-state index contributed by atoms with van der Waals surface area (Å²) < 4.78 is 18.4. The second-order valence-electron chi connectivity index (χ2n) is 6.74. The Hall–Kier alpha value is -3.47. The van der Waals surface area contributed by atoms with Crippen LogP contribution in [-0.4, -0.2) is 30.4 Å². The highest BCUT2D eigenvalue weighted by molar-refractivity contribution is 5.85. The van der Waals surface area contributed by atoms with E-state index in [1.165, 1.54) is 17.0 Å². The van der Waals surface area contributed by atoms with E-state index in [-0.39, 0.29) is 18.3 Å². The minimum Gasteiger partial charge on any atom is -0.455 e. The average molecular weight is 391 g/mol. The van der Waals surface area contributed by atoms with Gasteiger partial charge in [0.1, 0.15) is 11.7 Å². The van der Waals surface area contributed by atoms with E-state index in [9.17, 15) is 14.0 Å². The molecule has 0 bridgehead atoms. The normalized spacial score (nSPS) is 10.6. The molecule has 0 fully saturated rings. The fourth-order valence-corrected chi connectivity index (χ4v) is 3.03. The van der Waals surface area contributed by atoms with Crippen molar-refractivity contribution >= 4 is 11.9 Å². The van der Waals surface area contributed by atoms with E-state index in [1.807, 2.05) is 60.7 Å². The Kier molecular flexibility index (Phi) is 6.74. The highest BCUT2D eigenvalue weighted by Gasteiger charge is 2.25. The van der Waals surface area contributed by atoms with Crippen LogP contribution in [0.15, 0.2) is 84.9 Å². The van der Waals surface area contributed by atoms with Crippen LogP contribution in [0.3, 0.4) is 0 Å². The molecule has 0 aliphatic carbocycles. The molecule has 0 atom stereocenters. The molecule has 1 amide bonds. The van der Waals surface area contributed by atoms with Gasteiger partial charge in [-0.15, -0.1) is 0 Å². The molecule has 3 aromatic rings. The van der Waals surface area contributed by atoms with E-state index in [4.69, 9.17) is 4.74 Å². The number of hydrogen-bond donors (Lipinski definition) is 0. The topological polar surface area (TPSA) is 46.6 Å².